The lowest BCUT2D eigenvalue weighted by Gasteiger charge is -2.38. The lowest BCUT2D eigenvalue weighted by Crippen LogP contribution is -2.48. The molecule has 37 heavy (non-hydrogen) atoms. The molecule has 0 bridgehead atoms. The zero-order valence-corrected chi connectivity index (χ0v) is 20.9. The molecule has 4 aliphatic rings. The fourth-order valence-corrected chi connectivity index (χ4v) is 6.20. The van der Waals surface area contributed by atoms with E-state index in [9.17, 15) is 14.7 Å². The lowest BCUT2D eigenvalue weighted by molar-refractivity contribution is -0.149. The Morgan fingerprint density at radius 1 is 1.08 bits per heavy atom. The van der Waals surface area contributed by atoms with Crippen molar-refractivity contribution < 1.29 is 28.9 Å². The molecule has 0 radical (unpaired) electrons. The molecule has 4 heterocycles. The van der Waals surface area contributed by atoms with Crippen molar-refractivity contribution in [2.75, 3.05) is 31.7 Å². The summed E-state index contributed by atoms with van der Waals surface area (Å²) in [6.07, 6.45) is 2.11. The Morgan fingerprint density at radius 2 is 1.89 bits per heavy atom. The largest absolute Gasteiger partial charge is 0.487 e. The number of fused-ring (bicyclic) bond motifs is 4. The van der Waals surface area contributed by atoms with Gasteiger partial charge >= 0.3 is 0 Å². The van der Waals surface area contributed by atoms with Crippen molar-refractivity contribution in [2.45, 2.75) is 62.9 Å². The van der Waals surface area contributed by atoms with Crippen LogP contribution in [0.15, 0.2) is 42.5 Å². The van der Waals surface area contributed by atoms with E-state index in [4.69, 9.17) is 14.2 Å². The van der Waals surface area contributed by atoms with Crippen molar-refractivity contribution in [1.29, 1.82) is 0 Å². The van der Waals surface area contributed by atoms with Gasteiger partial charge in [-0.15, -0.1) is 0 Å². The number of carbonyl (C=O) groups is 2. The molecule has 2 amide bonds. The number of rotatable bonds is 5. The number of nitrogens with zero attached hydrogens (tertiary/aromatic N) is 1. The molecule has 0 aliphatic carbocycles. The number of amides is 2. The SMILES string of the molecule is O=C(Nc1ccc2c(c1)[C@H]1C[C@@H](CC(=O)N3CCc4ccccc4C3)O[C@H](CO)[C@H]1O2)C1CCOCC1. The van der Waals surface area contributed by atoms with E-state index in [-0.39, 0.29) is 48.9 Å². The highest BCUT2D eigenvalue weighted by Crippen LogP contribution is 2.47. The number of hydrogen-bond donors (Lipinski definition) is 2. The first kappa shape index (κ1) is 24.4. The Labute approximate surface area is 216 Å². The molecule has 0 aromatic heterocycles. The van der Waals surface area contributed by atoms with E-state index < -0.39 is 6.10 Å². The normalized spacial score (nSPS) is 27.0. The highest BCUT2D eigenvalue weighted by atomic mass is 16.6. The first-order valence-electron chi connectivity index (χ1n) is 13.4. The van der Waals surface area contributed by atoms with Crippen LogP contribution in [-0.2, 0) is 32.0 Å². The monoisotopic (exact) mass is 506 g/mol. The predicted octanol–water partition coefficient (Wildman–Crippen LogP) is 3.02. The third kappa shape index (κ3) is 4.98. The number of hydrogen-bond acceptors (Lipinski definition) is 6. The molecule has 2 N–H and O–H groups in total. The summed E-state index contributed by atoms with van der Waals surface area (Å²) in [4.78, 5) is 27.9. The first-order valence-corrected chi connectivity index (χ1v) is 13.4. The molecule has 2 fully saturated rings. The van der Waals surface area contributed by atoms with Crippen molar-refractivity contribution in [1.82, 2.24) is 4.90 Å². The van der Waals surface area contributed by atoms with Gasteiger partial charge < -0.3 is 29.5 Å². The summed E-state index contributed by atoms with van der Waals surface area (Å²) in [5, 5.41) is 13.1. The molecular formula is C29H34N2O6. The van der Waals surface area contributed by atoms with Crippen molar-refractivity contribution in [3.63, 3.8) is 0 Å². The number of carbonyl (C=O) groups excluding carboxylic acids is 2. The topological polar surface area (TPSA) is 97.3 Å². The van der Waals surface area contributed by atoms with Crippen LogP contribution in [0.2, 0.25) is 0 Å². The van der Waals surface area contributed by atoms with Crippen molar-refractivity contribution >= 4 is 17.5 Å². The molecule has 0 unspecified atom stereocenters. The second-order valence-corrected chi connectivity index (χ2v) is 10.6. The summed E-state index contributed by atoms with van der Waals surface area (Å²) in [6.45, 7) is 2.39. The minimum atomic E-state index is -0.508. The van der Waals surface area contributed by atoms with Gasteiger partial charge in [-0.05, 0) is 55.0 Å². The summed E-state index contributed by atoms with van der Waals surface area (Å²) in [5.41, 5.74) is 4.25. The molecular weight excluding hydrogens is 472 g/mol. The smallest absolute Gasteiger partial charge is 0.227 e. The maximum Gasteiger partial charge on any atom is 0.227 e. The van der Waals surface area contributed by atoms with Gasteiger partial charge in [-0.3, -0.25) is 9.59 Å². The van der Waals surface area contributed by atoms with Gasteiger partial charge in [-0.2, -0.15) is 0 Å². The van der Waals surface area contributed by atoms with E-state index >= 15 is 0 Å². The summed E-state index contributed by atoms with van der Waals surface area (Å²) < 4.78 is 17.7. The van der Waals surface area contributed by atoms with Crippen LogP contribution in [0.1, 0.15) is 48.3 Å². The second-order valence-electron chi connectivity index (χ2n) is 10.6. The van der Waals surface area contributed by atoms with Crippen molar-refractivity contribution in [2.24, 2.45) is 5.92 Å². The molecule has 6 rings (SSSR count). The van der Waals surface area contributed by atoms with E-state index in [1.807, 2.05) is 35.2 Å². The fraction of sp³-hybridized carbons (Fsp3) is 0.517. The van der Waals surface area contributed by atoms with Gasteiger partial charge in [0.2, 0.25) is 11.8 Å². The van der Waals surface area contributed by atoms with Crippen molar-refractivity contribution in [3.05, 3.63) is 59.2 Å². The van der Waals surface area contributed by atoms with Gasteiger partial charge in [-0.1, -0.05) is 24.3 Å². The Hall–Kier alpha value is -2.94. The minimum absolute atomic E-state index is 0.0132. The maximum atomic E-state index is 13.2. The number of aliphatic hydroxyl groups excluding tert-OH is 1. The quantitative estimate of drug-likeness (QED) is 0.647. The summed E-state index contributed by atoms with van der Waals surface area (Å²) in [6, 6.07) is 14.0. The molecule has 4 atom stereocenters. The molecule has 2 aromatic carbocycles. The van der Waals surface area contributed by atoms with Crippen LogP contribution in [0.4, 0.5) is 5.69 Å². The Kier molecular flexibility index (Phi) is 6.88. The molecule has 0 saturated carbocycles. The lowest BCUT2D eigenvalue weighted by atomic mass is 9.84. The number of anilines is 1. The molecule has 0 spiro atoms. The highest BCUT2D eigenvalue weighted by molar-refractivity contribution is 5.92. The molecule has 8 nitrogen and oxygen atoms in total. The zero-order valence-electron chi connectivity index (χ0n) is 20.9. The zero-order chi connectivity index (χ0) is 25.4. The molecule has 2 saturated heterocycles. The Morgan fingerprint density at radius 3 is 2.70 bits per heavy atom. The maximum absolute atomic E-state index is 13.2. The number of aliphatic hydroxyl groups is 1. The van der Waals surface area contributed by atoms with Crippen LogP contribution in [0.25, 0.3) is 0 Å². The average Bonchev–Trinajstić information content (AvgIpc) is 3.30. The van der Waals surface area contributed by atoms with E-state index in [0.717, 1.165) is 36.3 Å². The van der Waals surface area contributed by atoms with E-state index in [2.05, 4.69) is 17.4 Å². The van der Waals surface area contributed by atoms with Crippen LogP contribution < -0.4 is 10.1 Å². The molecule has 8 heteroatoms. The third-order valence-electron chi connectivity index (χ3n) is 8.24. The summed E-state index contributed by atoms with van der Waals surface area (Å²) >= 11 is 0. The fourth-order valence-electron chi connectivity index (χ4n) is 6.20. The number of ether oxygens (including phenoxy) is 3. The molecule has 4 aliphatic heterocycles. The highest BCUT2D eigenvalue weighted by Gasteiger charge is 2.46. The Balaban J connectivity index is 1.14. The molecule has 2 aromatic rings. The van der Waals surface area contributed by atoms with Crippen molar-refractivity contribution in [3.8, 4) is 5.75 Å². The van der Waals surface area contributed by atoms with Gasteiger partial charge in [0.1, 0.15) is 18.0 Å². The third-order valence-corrected chi connectivity index (χ3v) is 8.24. The van der Waals surface area contributed by atoms with Crippen LogP contribution >= 0.6 is 0 Å². The Bertz CT molecular complexity index is 1160. The van der Waals surface area contributed by atoms with Gasteiger partial charge in [0.05, 0.1) is 19.1 Å². The van der Waals surface area contributed by atoms with Gasteiger partial charge in [0, 0.05) is 49.4 Å². The predicted molar refractivity (Wildman–Crippen MR) is 136 cm³/mol. The number of benzene rings is 2. The summed E-state index contributed by atoms with van der Waals surface area (Å²) in [5.74, 6) is 0.795. The van der Waals surface area contributed by atoms with E-state index in [1.165, 1.54) is 11.1 Å². The van der Waals surface area contributed by atoms with Gasteiger partial charge in [-0.25, -0.2) is 0 Å². The van der Waals surface area contributed by atoms with Crippen LogP contribution in [-0.4, -0.2) is 66.5 Å². The van der Waals surface area contributed by atoms with Crippen LogP contribution in [0.5, 0.6) is 5.75 Å². The standard InChI is InChI=1S/C29H34N2O6/c32-17-26-28-24(14-22(36-26)15-27(33)31-10-7-18-3-1-2-4-20(18)16-31)23-13-21(5-6-25(23)37-28)30-29(34)19-8-11-35-12-9-19/h1-6,13,19,22,24,26,28,32H,7-12,14-17H2,(H,30,34)/t22-,24+,26+,28-/m0/s1. The second kappa shape index (κ2) is 10.4. The number of nitrogens with one attached hydrogen (secondary N) is 1. The average molecular weight is 507 g/mol. The van der Waals surface area contributed by atoms with Gasteiger partial charge in [0.15, 0.2) is 0 Å². The van der Waals surface area contributed by atoms with E-state index in [1.54, 1.807) is 0 Å². The van der Waals surface area contributed by atoms with Gasteiger partial charge in [0.25, 0.3) is 0 Å². The molecule has 196 valence electrons. The summed E-state index contributed by atoms with van der Waals surface area (Å²) in [7, 11) is 0. The van der Waals surface area contributed by atoms with Crippen LogP contribution in [0.3, 0.4) is 0 Å². The minimum Gasteiger partial charge on any atom is -0.487 e. The first-order chi connectivity index (χ1) is 18.1. The van der Waals surface area contributed by atoms with Crippen LogP contribution in [0, 0.1) is 5.92 Å². The van der Waals surface area contributed by atoms with E-state index in [0.29, 0.717) is 32.7 Å².